The van der Waals surface area contributed by atoms with E-state index in [4.69, 9.17) is 4.74 Å². The second-order valence-corrected chi connectivity index (χ2v) is 5.04. The summed E-state index contributed by atoms with van der Waals surface area (Å²) < 4.78 is 5.53. The molecule has 0 atom stereocenters. The minimum Gasteiger partial charge on any atom is -0.483 e. The Balaban J connectivity index is 2.51. The Kier molecular flexibility index (Phi) is 6.06. The van der Waals surface area contributed by atoms with Crippen LogP contribution in [0.5, 0.6) is 5.75 Å². The van der Waals surface area contributed by atoms with Crippen molar-refractivity contribution in [3.05, 3.63) is 29.8 Å². The molecule has 1 rings (SSSR count). The van der Waals surface area contributed by atoms with Gasteiger partial charge in [-0.05, 0) is 23.5 Å². The molecule has 0 saturated heterocycles. The summed E-state index contributed by atoms with van der Waals surface area (Å²) in [6, 6.07) is 7.75. The molecular formula is C15H22N2O2. The number of nitrogens with one attached hydrogen (secondary N) is 1. The second kappa shape index (κ2) is 7.56. The molecule has 0 radical (unpaired) electrons. The van der Waals surface area contributed by atoms with Crippen molar-refractivity contribution in [1.82, 2.24) is 5.43 Å². The molecular weight excluding hydrogens is 240 g/mol. The van der Waals surface area contributed by atoms with Crippen molar-refractivity contribution in [1.29, 1.82) is 0 Å². The maximum atomic E-state index is 11.5. The summed E-state index contributed by atoms with van der Waals surface area (Å²) in [5, 5.41) is 3.84. The standard InChI is InChI=1S/C15H22N2O2/c1-11(2)9-16-17-15(18)10-19-14-8-6-5-7-13(14)12(3)4/h5-9,11-12H,10H2,1-4H3,(H,17,18). The van der Waals surface area contributed by atoms with Gasteiger partial charge in [0.15, 0.2) is 6.61 Å². The Morgan fingerprint density at radius 2 is 2.00 bits per heavy atom. The summed E-state index contributed by atoms with van der Waals surface area (Å²) in [7, 11) is 0. The predicted molar refractivity (Wildman–Crippen MR) is 77.5 cm³/mol. The van der Waals surface area contributed by atoms with E-state index >= 15 is 0 Å². The number of carbonyl (C=O) groups is 1. The van der Waals surface area contributed by atoms with Crippen LogP contribution >= 0.6 is 0 Å². The van der Waals surface area contributed by atoms with E-state index in [0.717, 1.165) is 11.3 Å². The molecule has 0 aromatic heterocycles. The fraction of sp³-hybridized carbons (Fsp3) is 0.467. The van der Waals surface area contributed by atoms with Crippen molar-refractivity contribution < 1.29 is 9.53 Å². The van der Waals surface area contributed by atoms with Crippen LogP contribution in [0, 0.1) is 5.92 Å². The Hall–Kier alpha value is -1.84. The monoisotopic (exact) mass is 262 g/mol. The molecule has 4 heteroatoms. The van der Waals surface area contributed by atoms with Crippen molar-refractivity contribution >= 4 is 12.1 Å². The van der Waals surface area contributed by atoms with Crippen LogP contribution in [-0.2, 0) is 4.79 Å². The zero-order valence-electron chi connectivity index (χ0n) is 12.0. The quantitative estimate of drug-likeness (QED) is 0.633. The van der Waals surface area contributed by atoms with Gasteiger partial charge < -0.3 is 4.74 Å². The van der Waals surface area contributed by atoms with Crippen LogP contribution in [0.2, 0.25) is 0 Å². The van der Waals surface area contributed by atoms with Crippen LogP contribution in [0.1, 0.15) is 39.2 Å². The fourth-order valence-electron chi connectivity index (χ4n) is 1.52. The minimum absolute atomic E-state index is 0.0286. The second-order valence-electron chi connectivity index (χ2n) is 5.04. The van der Waals surface area contributed by atoms with E-state index in [1.807, 2.05) is 38.1 Å². The van der Waals surface area contributed by atoms with Crippen molar-refractivity contribution in [2.45, 2.75) is 33.6 Å². The first-order valence-corrected chi connectivity index (χ1v) is 6.54. The van der Waals surface area contributed by atoms with E-state index in [9.17, 15) is 4.79 Å². The number of ether oxygens (including phenoxy) is 1. The first-order valence-electron chi connectivity index (χ1n) is 6.54. The molecule has 0 unspecified atom stereocenters. The van der Waals surface area contributed by atoms with Gasteiger partial charge in [-0.2, -0.15) is 5.10 Å². The average molecular weight is 262 g/mol. The molecule has 1 aromatic rings. The van der Waals surface area contributed by atoms with E-state index < -0.39 is 0 Å². The van der Waals surface area contributed by atoms with Crippen molar-refractivity contribution in [3.63, 3.8) is 0 Å². The molecule has 0 spiro atoms. The molecule has 1 aromatic carbocycles. The van der Waals surface area contributed by atoms with Crippen LogP contribution in [0.4, 0.5) is 0 Å². The molecule has 0 saturated carbocycles. The minimum atomic E-state index is -0.254. The number of carbonyl (C=O) groups excluding carboxylic acids is 1. The molecule has 0 heterocycles. The lowest BCUT2D eigenvalue weighted by Crippen LogP contribution is -2.25. The van der Waals surface area contributed by atoms with Crippen molar-refractivity contribution in [2.75, 3.05) is 6.61 Å². The van der Waals surface area contributed by atoms with Gasteiger partial charge >= 0.3 is 0 Å². The van der Waals surface area contributed by atoms with E-state index in [0.29, 0.717) is 11.8 Å². The van der Waals surface area contributed by atoms with Gasteiger partial charge in [-0.1, -0.05) is 45.9 Å². The lowest BCUT2D eigenvalue weighted by atomic mass is 10.0. The van der Waals surface area contributed by atoms with Crippen molar-refractivity contribution in [2.24, 2.45) is 11.0 Å². The smallest absolute Gasteiger partial charge is 0.277 e. The zero-order chi connectivity index (χ0) is 14.3. The summed E-state index contributed by atoms with van der Waals surface area (Å²) in [4.78, 5) is 11.5. The van der Waals surface area contributed by atoms with Gasteiger partial charge in [0.05, 0.1) is 0 Å². The van der Waals surface area contributed by atoms with Gasteiger partial charge in [0, 0.05) is 6.21 Å². The predicted octanol–water partition coefficient (Wildman–Crippen LogP) is 2.95. The molecule has 104 valence electrons. The molecule has 0 aliphatic carbocycles. The third-order valence-corrected chi connectivity index (χ3v) is 2.46. The number of nitrogens with zero attached hydrogens (tertiary/aromatic N) is 1. The normalized spacial score (nSPS) is 11.3. The van der Waals surface area contributed by atoms with Crippen LogP contribution in [0.3, 0.4) is 0 Å². The Labute approximate surface area is 114 Å². The van der Waals surface area contributed by atoms with Crippen LogP contribution in [0.15, 0.2) is 29.4 Å². The van der Waals surface area contributed by atoms with E-state index in [1.54, 1.807) is 6.21 Å². The number of hydrogen-bond donors (Lipinski definition) is 1. The number of hydrogen-bond acceptors (Lipinski definition) is 3. The van der Waals surface area contributed by atoms with Crippen molar-refractivity contribution in [3.8, 4) is 5.75 Å². The highest BCUT2D eigenvalue weighted by Crippen LogP contribution is 2.25. The summed E-state index contributed by atoms with van der Waals surface area (Å²) in [5.74, 6) is 1.16. The Morgan fingerprint density at radius 3 is 2.63 bits per heavy atom. The van der Waals surface area contributed by atoms with Gasteiger partial charge in [0.2, 0.25) is 0 Å². The average Bonchev–Trinajstić information content (AvgIpc) is 2.36. The van der Waals surface area contributed by atoms with Gasteiger partial charge in [-0.3, -0.25) is 4.79 Å². The number of hydrazone groups is 1. The van der Waals surface area contributed by atoms with Gasteiger partial charge in [0.25, 0.3) is 5.91 Å². The van der Waals surface area contributed by atoms with Gasteiger partial charge in [-0.25, -0.2) is 5.43 Å². The summed E-state index contributed by atoms with van der Waals surface area (Å²) in [5.41, 5.74) is 3.54. The molecule has 0 bridgehead atoms. The van der Waals surface area contributed by atoms with E-state index in [2.05, 4.69) is 24.4 Å². The van der Waals surface area contributed by atoms with Crippen LogP contribution in [-0.4, -0.2) is 18.7 Å². The van der Waals surface area contributed by atoms with Gasteiger partial charge in [-0.15, -0.1) is 0 Å². The van der Waals surface area contributed by atoms with E-state index in [1.165, 1.54) is 0 Å². The largest absolute Gasteiger partial charge is 0.483 e. The van der Waals surface area contributed by atoms with Gasteiger partial charge in [0.1, 0.15) is 5.75 Å². The number of para-hydroxylation sites is 1. The molecule has 19 heavy (non-hydrogen) atoms. The first kappa shape index (κ1) is 15.2. The SMILES string of the molecule is CC(C)C=NNC(=O)COc1ccccc1C(C)C. The number of amides is 1. The Morgan fingerprint density at radius 1 is 1.32 bits per heavy atom. The molecule has 0 aliphatic heterocycles. The maximum absolute atomic E-state index is 11.5. The highest BCUT2D eigenvalue weighted by molar-refractivity contribution is 5.78. The molecule has 4 nitrogen and oxygen atoms in total. The highest BCUT2D eigenvalue weighted by atomic mass is 16.5. The summed E-state index contributed by atoms with van der Waals surface area (Å²) in [6.45, 7) is 8.14. The Bertz CT molecular complexity index is 440. The molecule has 0 aliphatic rings. The molecule has 0 fully saturated rings. The third kappa shape index (κ3) is 5.55. The number of benzene rings is 1. The lowest BCUT2D eigenvalue weighted by Gasteiger charge is -2.13. The fourth-order valence-corrected chi connectivity index (χ4v) is 1.52. The van der Waals surface area contributed by atoms with Crippen LogP contribution < -0.4 is 10.2 Å². The van der Waals surface area contributed by atoms with Crippen LogP contribution in [0.25, 0.3) is 0 Å². The van der Waals surface area contributed by atoms with E-state index in [-0.39, 0.29) is 12.5 Å². The summed E-state index contributed by atoms with van der Waals surface area (Å²) >= 11 is 0. The first-order chi connectivity index (χ1) is 9.00. The topological polar surface area (TPSA) is 50.7 Å². The highest BCUT2D eigenvalue weighted by Gasteiger charge is 2.08. The summed E-state index contributed by atoms with van der Waals surface area (Å²) in [6.07, 6.45) is 1.68. The zero-order valence-corrected chi connectivity index (χ0v) is 12.0. The third-order valence-electron chi connectivity index (χ3n) is 2.46. The molecule has 1 amide bonds. The molecule has 1 N–H and O–H groups in total. The lowest BCUT2D eigenvalue weighted by molar-refractivity contribution is -0.123. The number of rotatable bonds is 6. The maximum Gasteiger partial charge on any atom is 0.277 e.